The summed E-state index contributed by atoms with van der Waals surface area (Å²) in [5.41, 5.74) is 5.99. The predicted octanol–water partition coefficient (Wildman–Crippen LogP) is -0.958. The second-order valence-corrected chi connectivity index (χ2v) is 3.66. The lowest BCUT2D eigenvalue weighted by Crippen LogP contribution is -2.34. The van der Waals surface area contributed by atoms with Crippen LogP contribution in [0.1, 0.15) is 23.0 Å². The van der Waals surface area contributed by atoms with E-state index in [0.29, 0.717) is 18.7 Å². The molecule has 1 aromatic heterocycles. The predicted molar refractivity (Wildman–Crippen MR) is 67.8 cm³/mol. The first-order valence-electron chi connectivity index (χ1n) is 5.51. The average Bonchev–Trinajstić information content (AvgIpc) is 2.42. The molecule has 0 atom stereocenters. The van der Waals surface area contributed by atoms with Crippen molar-refractivity contribution in [1.82, 2.24) is 15.6 Å². The van der Waals surface area contributed by atoms with E-state index in [4.69, 9.17) is 10.9 Å². The fourth-order valence-electron chi connectivity index (χ4n) is 1.24. The van der Waals surface area contributed by atoms with Crippen molar-refractivity contribution in [2.75, 3.05) is 13.1 Å². The van der Waals surface area contributed by atoms with Crippen LogP contribution in [-0.4, -0.2) is 40.9 Å². The van der Waals surface area contributed by atoms with Gasteiger partial charge in [-0.05, 0) is 12.1 Å². The highest BCUT2D eigenvalue weighted by molar-refractivity contribution is 5.98. The minimum atomic E-state index is -0.364. The molecule has 0 aromatic carbocycles. The molecule has 2 amide bonds. The SMILES string of the molecule is CC(=O)NCCNC(=O)c1ccc(C(N)=NO)cn1. The highest BCUT2D eigenvalue weighted by atomic mass is 16.4. The van der Waals surface area contributed by atoms with Gasteiger partial charge < -0.3 is 21.6 Å². The Morgan fingerprint density at radius 1 is 1.37 bits per heavy atom. The van der Waals surface area contributed by atoms with Crippen LogP contribution in [-0.2, 0) is 4.79 Å². The van der Waals surface area contributed by atoms with Crippen molar-refractivity contribution in [3.05, 3.63) is 29.6 Å². The molecular weight excluding hydrogens is 250 g/mol. The van der Waals surface area contributed by atoms with E-state index in [-0.39, 0.29) is 23.3 Å². The standard InChI is InChI=1S/C11H15N5O3/c1-7(17)13-4-5-14-11(18)9-3-2-8(6-15-9)10(12)16-19/h2-3,6,19H,4-5H2,1H3,(H2,12,16)(H,13,17)(H,14,18). The number of carbonyl (C=O) groups excluding carboxylic acids is 2. The summed E-state index contributed by atoms with van der Waals surface area (Å²) >= 11 is 0. The maximum Gasteiger partial charge on any atom is 0.269 e. The second-order valence-electron chi connectivity index (χ2n) is 3.66. The molecule has 19 heavy (non-hydrogen) atoms. The number of hydrogen-bond donors (Lipinski definition) is 4. The van der Waals surface area contributed by atoms with Gasteiger partial charge in [0.15, 0.2) is 5.84 Å². The number of amidine groups is 1. The molecule has 0 spiro atoms. The fourth-order valence-corrected chi connectivity index (χ4v) is 1.24. The molecule has 0 aliphatic carbocycles. The number of oxime groups is 1. The van der Waals surface area contributed by atoms with Gasteiger partial charge in [0.1, 0.15) is 5.69 Å². The first-order valence-corrected chi connectivity index (χ1v) is 5.51. The zero-order valence-electron chi connectivity index (χ0n) is 10.4. The third-order valence-electron chi connectivity index (χ3n) is 2.18. The number of pyridine rings is 1. The first kappa shape index (κ1) is 14.4. The maximum atomic E-state index is 11.6. The highest BCUT2D eigenvalue weighted by Gasteiger charge is 2.07. The summed E-state index contributed by atoms with van der Waals surface area (Å²) in [6.07, 6.45) is 1.33. The van der Waals surface area contributed by atoms with Gasteiger partial charge in [0, 0.05) is 31.8 Å². The lowest BCUT2D eigenvalue weighted by molar-refractivity contribution is -0.118. The van der Waals surface area contributed by atoms with Gasteiger partial charge >= 0.3 is 0 Å². The Hall–Kier alpha value is -2.64. The summed E-state index contributed by atoms with van der Waals surface area (Å²) in [4.78, 5) is 26.1. The highest BCUT2D eigenvalue weighted by Crippen LogP contribution is 2.00. The summed E-state index contributed by atoms with van der Waals surface area (Å²) in [7, 11) is 0. The molecule has 0 saturated carbocycles. The zero-order valence-corrected chi connectivity index (χ0v) is 10.4. The normalized spacial score (nSPS) is 10.9. The molecule has 1 heterocycles. The van der Waals surface area contributed by atoms with Crippen molar-refractivity contribution in [1.29, 1.82) is 0 Å². The molecule has 1 aromatic rings. The molecule has 5 N–H and O–H groups in total. The number of nitrogens with zero attached hydrogens (tertiary/aromatic N) is 2. The van der Waals surface area contributed by atoms with Crippen molar-refractivity contribution in [3.63, 3.8) is 0 Å². The number of carbonyl (C=O) groups is 2. The van der Waals surface area contributed by atoms with Gasteiger partial charge in [0.05, 0.1) is 0 Å². The number of amides is 2. The summed E-state index contributed by atoms with van der Waals surface area (Å²) in [5, 5.41) is 16.4. The molecule has 0 bridgehead atoms. The second kappa shape index (κ2) is 6.94. The number of nitrogens with one attached hydrogen (secondary N) is 2. The quantitative estimate of drug-likeness (QED) is 0.179. The minimum Gasteiger partial charge on any atom is -0.409 e. The van der Waals surface area contributed by atoms with E-state index in [2.05, 4.69) is 20.8 Å². The van der Waals surface area contributed by atoms with Crippen LogP contribution >= 0.6 is 0 Å². The summed E-state index contributed by atoms with van der Waals surface area (Å²) in [6, 6.07) is 2.98. The topological polar surface area (TPSA) is 130 Å². The van der Waals surface area contributed by atoms with E-state index in [1.54, 1.807) is 0 Å². The van der Waals surface area contributed by atoms with E-state index >= 15 is 0 Å². The molecule has 0 aliphatic rings. The monoisotopic (exact) mass is 265 g/mol. The van der Waals surface area contributed by atoms with E-state index in [0.717, 1.165) is 0 Å². The Balaban J connectivity index is 2.51. The van der Waals surface area contributed by atoms with Crippen LogP contribution in [0.25, 0.3) is 0 Å². The third kappa shape index (κ3) is 4.62. The number of hydrogen-bond acceptors (Lipinski definition) is 5. The Labute approximate surface area is 109 Å². The lowest BCUT2D eigenvalue weighted by atomic mass is 10.2. The fraction of sp³-hybridized carbons (Fsp3) is 0.273. The van der Waals surface area contributed by atoms with Crippen molar-refractivity contribution < 1.29 is 14.8 Å². The van der Waals surface area contributed by atoms with Gasteiger partial charge in [-0.15, -0.1) is 0 Å². The van der Waals surface area contributed by atoms with Crippen LogP contribution in [0.2, 0.25) is 0 Å². The smallest absolute Gasteiger partial charge is 0.269 e. The van der Waals surface area contributed by atoms with Crippen LogP contribution in [0.4, 0.5) is 0 Å². The first-order chi connectivity index (χ1) is 9.04. The molecule has 1 rings (SSSR count). The van der Waals surface area contributed by atoms with Crippen LogP contribution in [0.5, 0.6) is 0 Å². The van der Waals surface area contributed by atoms with Gasteiger partial charge in [-0.2, -0.15) is 0 Å². The van der Waals surface area contributed by atoms with E-state index in [9.17, 15) is 9.59 Å². The van der Waals surface area contributed by atoms with Crippen LogP contribution in [0.3, 0.4) is 0 Å². The largest absolute Gasteiger partial charge is 0.409 e. The molecule has 0 saturated heterocycles. The molecule has 102 valence electrons. The maximum absolute atomic E-state index is 11.6. The van der Waals surface area contributed by atoms with Crippen LogP contribution < -0.4 is 16.4 Å². The molecule has 0 unspecified atom stereocenters. The molecule has 0 aliphatic heterocycles. The van der Waals surface area contributed by atoms with Gasteiger partial charge in [0.25, 0.3) is 5.91 Å². The number of rotatable bonds is 5. The van der Waals surface area contributed by atoms with E-state index < -0.39 is 0 Å². The Bertz CT molecular complexity index is 484. The molecule has 0 radical (unpaired) electrons. The zero-order chi connectivity index (χ0) is 14.3. The van der Waals surface area contributed by atoms with Crippen LogP contribution in [0.15, 0.2) is 23.5 Å². The van der Waals surface area contributed by atoms with Gasteiger partial charge in [-0.25, -0.2) is 0 Å². The van der Waals surface area contributed by atoms with Crippen molar-refractivity contribution in [3.8, 4) is 0 Å². The average molecular weight is 265 g/mol. The Morgan fingerprint density at radius 2 is 2.05 bits per heavy atom. The molecule has 0 fully saturated rings. The third-order valence-corrected chi connectivity index (χ3v) is 2.18. The Morgan fingerprint density at radius 3 is 2.58 bits per heavy atom. The van der Waals surface area contributed by atoms with Crippen LogP contribution in [0, 0.1) is 0 Å². The summed E-state index contributed by atoms with van der Waals surface area (Å²) in [5.74, 6) is -0.600. The number of nitrogens with two attached hydrogens (primary N) is 1. The van der Waals surface area contributed by atoms with Crippen molar-refractivity contribution >= 4 is 17.6 Å². The van der Waals surface area contributed by atoms with Crippen molar-refractivity contribution in [2.24, 2.45) is 10.9 Å². The van der Waals surface area contributed by atoms with E-state index in [1.807, 2.05) is 0 Å². The van der Waals surface area contributed by atoms with Gasteiger partial charge in [0.2, 0.25) is 5.91 Å². The van der Waals surface area contributed by atoms with Gasteiger partial charge in [-0.3, -0.25) is 14.6 Å². The molecular formula is C11H15N5O3. The molecule has 8 nitrogen and oxygen atoms in total. The lowest BCUT2D eigenvalue weighted by Gasteiger charge is -2.05. The van der Waals surface area contributed by atoms with Crippen molar-refractivity contribution in [2.45, 2.75) is 6.92 Å². The Kier molecular flexibility index (Phi) is 5.27. The summed E-state index contributed by atoms with van der Waals surface area (Å²) < 4.78 is 0. The minimum absolute atomic E-state index is 0.0786. The van der Waals surface area contributed by atoms with E-state index in [1.165, 1.54) is 25.3 Å². The molecule has 8 heteroatoms. The summed E-state index contributed by atoms with van der Waals surface area (Å²) in [6.45, 7) is 2.06. The number of aromatic nitrogens is 1. The van der Waals surface area contributed by atoms with Gasteiger partial charge in [-0.1, -0.05) is 5.16 Å².